The van der Waals surface area contributed by atoms with Crippen LogP contribution in [0.15, 0.2) is 42.5 Å². The first kappa shape index (κ1) is 19.3. The number of amides is 2. The Morgan fingerprint density at radius 3 is 2.08 bits per heavy atom. The molecule has 0 radical (unpaired) electrons. The van der Waals surface area contributed by atoms with Gasteiger partial charge in [-0.2, -0.15) is 0 Å². The number of hydrazine groups is 1. The monoisotopic (exact) mass is 378 g/mol. The molecule has 2 rings (SSSR count). The van der Waals surface area contributed by atoms with Crippen molar-refractivity contribution in [1.29, 1.82) is 0 Å². The SMILES string of the molecule is Cc1ccccc1C(=O)NN(C(=O)c1cc(Cl)cc(Cl)c1)C(C)(C)C. The van der Waals surface area contributed by atoms with E-state index < -0.39 is 5.54 Å². The molecule has 0 fully saturated rings. The van der Waals surface area contributed by atoms with Crippen molar-refractivity contribution in [1.82, 2.24) is 10.4 Å². The number of benzene rings is 2. The van der Waals surface area contributed by atoms with Crippen LogP contribution in [0.1, 0.15) is 47.1 Å². The fraction of sp³-hybridized carbons (Fsp3) is 0.263. The lowest BCUT2D eigenvalue weighted by atomic mass is 10.1. The number of aryl methyl sites for hydroxylation is 1. The number of halogens is 2. The molecule has 0 saturated carbocycles. The van der Waals surface area contributed by atoms with E-state index in [-0.39, 0.29) is 11.8 Å². The van der Waals surface area contributed by atoms with Crippen LogP contribution in [0.2, 0.25) is 10.0 Å². The predicted molar refractivity (Wildman–Crippen MR) is 101 cm³/mol. The van der Waals surface area contributed by atoms with E-state index in [1.807, 2.05) is 39.8 Å². The fourth-order valence-electron chi connectivity index (χ4n) is 2.32. The Morgan fingerprint density at radius 1 is 1.00 bits per heavy atom. The lowest BCUT2D eigenvalue weighted by Gasteiger charge is -2.35. The van der Waals surface area contributed by atoms with Crippen molar-refractivity contribution in [2.45, 2.75) is 33.2 Å². The number of rotatable bonds is 2. The van der Waals surface area contributed by atoms with E-state index in [4.69, 9.17) is 23.2 Å². The summed E-state index contributed by atoms with van der Waals surface area (Å²) in [6, 6.07) is 11.8. The number of carbonyl (C=O) groups is 2. The van der Waals surface area contributed by atoms with Gasteiger partial charge in [0.15, 0.2) is 0 Å². The molecule has 2 aromatic rings. The highest BCUT2D eigenvalue weighted by molar-refractivity contribution is 6.35. The molecule has 0 heterocycles. The average molecular weight is 379 g/mol. The molecule has 0 bridgehead atoms. The summed E-state index contributed by atoms with van der Waals surface area (Å²) in [4.78, 5) is 25.6. The number of nitrogens with one attached hydrogen (secondary N) is 1. The van der Waals surface area contributed by atoms with Crippen LogP contribution in [-0.4, -0.2) is 22.4 Å². The molecule has 0 aromatic heterocycles. The van der Waals surface area contributed by atoms with Crippen molar-refractivity contribution in [2.24, 2.45) is 0 Å². The van der Waals surface area contributed by atoms with Crippen molar-refractivity contribution in [3.63, 3.8) is 0 Å². The molecule has 0 aliphatic carbocycles. The van der Waals surface area contributed by atoms with Crippen LogP contribution in [0.25, 0.3) is 0 Å². The second-order valence-corrected chi connectivity index (χ2v) is 7.60. The highest BCUT2D eigenvalue weighted by atomic mass is 35.5. The highest BCUT2D eigenvalue weighted by Crippen LogP contribution is 2.22. The fourth-order valence-corrected chi connectivity index (χ4v) is 2.84. The van der Waals surface area contributed by atoms with E-state index in [0.29, 0.717) is 21.2 Å². The molecule has 0 unspecified atom stereocenters. The van der Waals surface area contributed by atoms with E-state index in [9.17, 15) is 9.59 Å². The summed E-state index contributed by atoms with van der Waals surface area (Å²) in [6.07, 6.45) is 0. The normalized spacial score (nSPS) is 11.1. The Labute approximate surface area is 157 Å². The first-order valence-electron chi connectivity index (χ1n) is 7.77. The maximum Gasteiger partial charge on any atom is 0.272 e. The molecule has 4 nitrogen and oxygen atoms in total. The van der Waals surface area contributed by atoms with Gasteiger partial charge in [0.1, 0.15) is 0 Å². The number of carbonyl (C=O) groups excluding carboxylic acids is 2. The van der Waals surface area contributed by atoms with Gasteiger partial charge in [-0.05, 0) is 57.5 Å². The maximum absolute atomic E-state index is 12.9. The Bertz CT molecular complexity index is 793. The molecule has 0 spiro atoms. The van der Waals surface area contributed by atoms with E-state index in [1.54, 1.807) is 18.2 Å². The minimum absolute atomic E-state index is 0.303. The Morgan fingerprint density at radius 2 is 1.56 bits per heavy atom. The number of hydrogen-bond acceptors (Lipinski definition) is 2. The largest absolute Gasteiger partial charge is 0.272 e. The van der Waals surface area contributed by atoms with E-state index in [2.05, 4.69) is 5.43 Å². The zero-order valence-corrected chi connectivity index (χ0v) is 16.1. The molecule has 25 heavy (non-hydrogen) atoms. The molecule has 0 aliphatic heterocycles. The van der Waals surface area contributed by atoms with Gasteiger partial charge in [0.2, 0.25) is 0 Å². The van der Waals surface area contributed by atoms with Gasteiger partial charge in [-0.3, -0.25) is 15.0 Å². The molecule has 0 atom stereocenters. The van der Waals surface area contributed by atoms with Crippen LogP contribution in [0.5, 0.6) is 0 Å². The Hall–Kier alpha value is -2.04. The van der Waals surface area contributed by atoms with Gasteiger partial charge in [0.25, 0.3) is 11.8 Å². The second kappa shape index (κ2) is 7.46. The molecular formula is C19H20Cl2N2O2. The standard InChI is InChI=1S/C19H20Cl2N2O2/c1-12-7-5-6-8-16(12)17(24)22-23(19(2,3)4)18(25)13-9-14(20)11-15(21)10-13/h5-11H,1-4H3,(H,22,24). The zero-order chi connectivity index (χ0) is 18.8. The highest BCUT2D eigenvalue weighted by Gasteiger charge is 2.30. The third-order valence-electron chi connectivity index (χ3n) is 3.59. The summed E-state index contributed by atoms with van der Waals surface area (Å²) in [7, 11) is 0. The van der Waals surface area contributed by atoms with Crippen LogP contribution in [0.3, 0.4) is 0 Å². The lowest BCUT2D eigenvalue weighted by molar-refractivity contribution is 0.0358. The van der Waals surface area contributed by atoms with Gasteiger partial charge in [0, 0.05) is 21.2 Å². The molecule has 2 aromatic carbocycles. The van der Waals surface area contributed by atoms with Gasteiger partial charge >= 0.3 is 0 Å². The molecule has 1 N–H and O–H groups in total. The summed E-state index contributed by atoms with van der Waals surface area (Å²) in [5.74, 6) is -0.742. The van der Waals surface area contributed by atoms with Crippen molar-refractivity contribution in [3.05, 3.63) is 69.2 Å². The Balaban J connectivity index is 2.35. The van der Waals surface area contributed by atoms with Crippen molar-refractivity contribution >= 4 is 35.0 Å². The topological polar surface area (TPSA) is 49.4 Å². The molecule has 2 amide bonds. The summed E-state index contributed by atoms with van der Waals surface area (Å²) in [5.41, 5.74) is 3.70. The lowest BCUT2D eigenvalue weighted by Crippen LogP contribution is -2.56. The number of hydrogen-bond donors (Lipinski definition) is 1. The third-order valence-corrected chi connectivity index (χ3v) is 4.02. The van der Waals surface area contributed by atoms with Crippen LogP contribution in [0.4, 0.5) is 0 Å². The first-order valence-corrected chi connectivity index (χ1v) is 8.52. The smallest absolute Gasteiger partial charge is 0.267 e. The zero-order valence-electron chi connectivity index (χ0n) is 14.6. The average Bonchev–Trinajstić information content (AvgIpc) is 2.50. The number of nitrogens with zero attached hydrogens (tertiary/aromatic N) is 1. The minimum atomic E-state index is -0.649. The van der Waals surface area contributed by atoms with Gasteiger partial charge in [-0.25, -0.2) is 5.01 Å². The summed E-state index contributed by atoms with van der Waals surface area (Å²) >= 11 is 12.0. The van der Waals surface area contributed by atoms with Crippen LogP contribution >= 0.6 is 23.2 Å². The first-order chi connectivity index (χ1) is 11.6. The van der Waals surface area contributed by atoms with E-state index in [0.717, 1.165) is 5.56 Å². The van der Waals surface area contributed by atoms with Crippen molar-refractivity contribution in [2.75, 3.05) is 0 Å². The molecule has 0 saturated heterocycles. The summed E-state index contributed by atoms with van der Waals surface area (Å²) in [6.45, 7) is 7.33. The molecule has 132 valence electrons. The predicted octanol–water partition coefficient (Wildman–Crippen LogP) is 4.89. The van der Waals surface area contributed by atoms with Crippen molar-refractivity contribution in [3.8, 4) is 0 Å². The summed E-state index contributed by atoms with van der Waals surface area (Å²) < 4.78 is 0. The molecule has 0 aliphatic rings. The second-order valence-electron chi connectivity index (χ2n) is 6.73. The van der Waals surface area contributed by atoms with Gasteiger partial charge in [-0.15, -0.1) is 0 Å². The summed E-state index contributed by atoms with van der Waals surface area (Å²) in [5, 5.41) is 2.01. The van der Waals surface area contributed by atoms with E-state index >= 15 is 0 Å². The van der Waals surface area contributed by atoms with Gasteiger partial charge < -0.3 is 0 Å². The van der Waals surface area contributed by atoms with Crippen LogP contribution < -0.4 is 5.43 Å². The third kappa shape index (κ3) is 4.74. The van der Waals surface area contributed by atoms with Gasteiger partial charge in [-0.1, -0.05) is 41.4 Å². The van der Waals surface area contributed by atoms with Crippen LogP contribution in [-0.2, 0) is 0 Å². The quantitative estimate of drug-likeness (QED) is 0.756. The van der Waals surface area contributed by atoms with Gasteiger partial charge in [0.05, 0.1) is 5.54 Å². The van der Waals surface area contributed by atoms with Crippen molar-refractivity contribution < 1.29 is 9.59 Å². The Kier molecular flexibility index (Phi) is 5.76. The maximum atomic E-state index is 12.9. The molecule has 6 heteroatoms. The van der Waals surface area contributed by atoms with Crippen LogP contribution in [0, 0.1) is 6.92 Å². The molecular weight excluding hydrogens is 359 g/mol. The minimum Gasteiger partial charge on any atom is -0.267 e. The van der Waals surface area contributed by atoms with E-state index in [1.165, 1.54) is 17.1 Å².